The molecule has 2 rings (SSSR count). The third-order valence-electron chi connectivity index (χ3n) is 4.14. The van der Waals surface area contributed by atoms with Crippen LogP contribution in [0, 0.1) is 5.41 Å². The minimum atomic E-state index is -3.39. The molecule has 21 heavy (non-hydrogen) atoms. The highest BCUT2D eigenvalue weighted by atomic mass is 32.2. The van der Waals surface area contributed by atoms with Gasteiger partial charge in [-0.3, -0.25) is 4.68 Å². The lowest BCUT2D eigenvalue weighted by Gasteiger charge is -2.35. The Morgan fingerprint density at radius 1 is 1.33 bits per heavy atom. The Morgan fingerprint density at radius 3 is 2.62 bits per heavy atom. The third kappa shape index (κ3) is 4.05. The zero-order chi connectivity index (χ0) is 15.5. The summed E-state index contributed by atoms with van der Waals surface area (Å²) in [6.45, 7) is 7.20. The fourth-order valence-corrected chi connectivity index (χ4v) is 3.90. The molecule has 0 bridgehead atoms. The van der Waals surface area contributed by atoms with Crippen LogP contribution in [0.3, 0.4) is 0 Å². The Balaban J connectivity index is 2.03. The van der Waals surface area contributed by atoms with Gasteiger partial charge < -0.3 is 5.32 Å². The van der Waals surface area contributed by atoms with E-state index in [1.807, 2.05) is 7.05 Å². The molecule has 0 amide bonds. The maximum absolute atomic E-state index is 12.6. The lowest BCUT2D eigenvalue weighted by molar-refractivity contribution is 0.196. The topological polar surface area (TPSA) is 67.2 Å². The van der Waals surface area contributed by atoms with E-state index in [1.165, 1.54) is 6.20 Å². The molecule has 0 aliphatic carbocycles. The molecule has 0 spiro atoms. The molecule has 1 aromatic heterocycles. The number of nitrogens with zero attached hydrogens (tertiary/aromatic N) is 3. The second-order valence-electron chi connectivity index (χ2n) is 6.46. The van der Waals surface area contributed by atoms with Crippen molar-refractivity contribution in [3.05, 3.63) is 12.4 Å². The first-order chi connectivity index (χ1) is 9.85. The summed E-state index contributed by atoms with van der Waals surface area (Å²) in [6, 6.07) is 0. The Bertz CT molecular complexity index is 555. The quantitative estimate of drug-likeness (QED) is 0.804. The standard InChI is InChI=1S/C14H26N4O2S/c1-14(2)5-9-18(10-6-14)21(19,20)13-11-16-17(12-13)8-4-7-15-3/h11-12,15H,4-10H2,1-3H3. The van der Waals surface area contributed by atoms with Gasteiger partial charge in [0, 0.05) is 25.8 Å². The van der Waals surface area contributed by atoms with Crippen LogP contribution in [-0.2, 0) is 16.6 Å². The highest BCUT2D eigenvalue weighted by Gasteiger charge is 2.33. The highest BCUT2D eigenvalue weighted by molar-refractivity contribution is 7.89. The number of nitrogens with one attached hydrogen (secondary N) is 1. The molecule has 1 aliphatic rings. The molecular formula is C14H26N4O2S. The summed E-state index contributed by atoms with van der Waals surface area (Å²) in [5, 5.41) is 7.23. The summed E-state index contributed by atoms with van der Waals surface area (Å²) in [6.07, 6.45) is 5.85. The Labute approximate surface area is 127 Å². The lowest BCUT2D eigenvalue weighted by atomic mass is 9.83. The number of aryl methyl sites for hydroxylation is 1. The van der Waals surface area contributed by atoms with Crippen molar-refractivity contribution in [2.45, 2.75) is 44.6 Å². The van der Waals surface area contributed by atoms with E-state index in [2.05, 4.69) is 24.3 Å². The van der Waals surface area contributed by atoms with Gasteiger partial charge >= 0.3 is 0 Å². The van der Waals surface area contributed by atoms with Crippen molar-refractivity contribution in [1.82, 2.24) is 19.4 Å². The molecule has 1 aliphatic heterocycles. The molecule has 0 saturated carbocycles. The third-order valence-corrected chi connectivity index (χ3v) is 5.99. The minimum absolute atomic E-state index is 0.239. The van der Waals surface area contributed by atoms with Crippen LogP contribution in [0.2, 0.25) is 0 Å². The monoisotopic (exact) mass is 314 g/mol. The molecule has 0 unspecified atom stereocenters. The molecule has 0 atom stereocenters. The average molecular weight is 314 g/mol. The second-order valence-corrected chi connectivity index (χ2v) is 8.40. The summed E-state index contributed by atoms with van der Waals surface area (Å²) in [4.78, 5) is 0.312. The zero-order valence-electron chi connectivity index (χ0n) is 13.2. The van der Waals surface area contributed by atoms with Crippen LogP contribution in [-0.4, -0.2) is 49.2 Å². The van der Waals surface area contributed by atoms with Gasteiger partial charge in [0.15, 0.2) is 0 Å². The summed E-state index contributed by atoms with van der Waals surface area (Å²) in [5.41, 5.74) is 0.239. The lowest BCUT2D eigenvalue weighted by Crippen LogP contribution is -2.40. The normalized spacial score (nSPS) is 19.8. The second kappa shape index (κ2) is 6.46. The SMILES string of the molecule is CNCCCn1cc(S(=O)(=O)N2CCC(C)(C)CC2)cn1. The van der Waals surface area contributed by atoms with Crippen LogP contribution >= 0.6 is 0 Å². The van der Waals surface area contributed by atoms with Crippen molar-refractivity contribution in [1.29, 1.82) is 0 Å². The van der Waals surface area contributed by atoms with Gasteiger partial charge in [0.1, 0.15) is 4.90 Å². The molecule has 0 aromatic carbocycles. The summed E-state index contributed by atoms with van der Waals surface area (Å²) in [7, 11) is -1.49. The summed E-state index contributed by atoms with van der Waals surface area (Å²) in [5.74, 6) is 0. The van der Waals surface area contributed by atoms with Crippen LogP contribution in [0.4, 0.5) is 0 Å². The van der Waals surface area contributed by atoms with Gasteiger partial charge in [-0.15, -0.1) is 0 Å². The van der Waals surface area contributed by atoms with Crippen LogP contribution in [0.15, 0.2) is 17.3 Å². The molecule has 1 N–H and O–H groups in total. The van der Waals surface area contributed by atoms with E-state index in [-0.39, 0.29) is 5.41 Å². The number of sulfonamides is 1. The van der Waals surface area contributed by atoms with Gasteiger partial charge in [0.2, 0.25) is 10.0 Å². The maximum Gasteiger partial charge on any atom is 0.246 e. The van der Waals surface area contributed by atoms with Crippen LogP contribution < -0.4 is 5.32 Å². The van der Waals surface area contributed by atoms with E-state index < -0.39 is 10.0 Å². The van der Waals surface area contributed by atoms with Crippen LogP contribution in [0.25, 0.3) is 0 Å². The molecular weight excluding hydrogens is 288 g/mol. The molecule has 7 heteroatoms. The van der Waals surface area contributed by atoms with Crippen molar-refractivity contribution < 1.29 is 8.42 Å². The van der Waals surface area contributed by atoms with Crippen molar-refractivity contribution >= 4 is 10.0 Å². The van der Waals surface area contributed by atoms with Gasteiger partial charge in [-0.05, 0) is 38.3 Å². The van der Waals surface area contributed by atoms with Crippen molar-refractivity contribution in [2.24, 2.45) is 5.41 Å². The minimum Gasteiger partial charge on any atom is -0.320 e. The smallest absolute Gasteiger partial charge is 0.246 e. The summed E-state index contributed by atoms with van der Waals surface area (Å²) < 4.78 is 28.5. The number of hydrogen-bond acceptors (Lipinski definition) is 4. The predicted octanol–water partition coefficient (Wildman–Crippen LogP) is 1.30. The summed E-state index contributed by atoms with van der Waals surface area (Å²) >= 11 is 0. The predicted molar refractivity (Wildman–Crippen MR) is 82.5 cm³/mol. The first-order valence-electron chi connectivity index (χ1n) is 7.52. The zero-order valence-corrected chi connectivity index (χ0v) is 14.0. The molecule has 1 saturated heterocycles. The maximum atomic E-state index is 12.6. The van der Waals surface area contributed by atoms with Crippen LogP contribution in [0.1, 0.15) is 33.1 Å². The Hall–Kier alpha value is -0.920. The Morgan fingerprint density at radius 2 is 2.00 bits per heavy atom. The molecule has 2 heterocycles. The molecule has 1 aromatic rings. The first-order valence-corrected chi connectivity index (χ1v) is 8.96. The van der Waals surface area contributed by atoms with E-state index in [9.17, 15) is 8.42 Å². The van der Waals surface area contributed by atoms with E-state index in [0.717, 1.165) is 32.4 Å². The van der Waals surface area contributed by atoms with E-state index in [1.54, 1.807) is 15.2 Å². The largest absolute Gasteiger partial charge is 0.320 e. The van der Waals surface area contributed by atoms with Gasteiger partial charge in [0.05, 0.1) is 6.20 Å². The van der Waals surface area contributed by atoms with Gasteiger partial charge in [-0.2, -0.15) is 9.40 Å². The highest BCUT2D eigenvalue weighted by Crippen LogP contribution is 2.32. The number of rotatable bonds is 6. The number of aromatic nitrogens is 2. The fraction of sp³-hybridized carbons (Fsp3) is 0.786. The van der Waals surface area contributed by atoms with Gasteiger partial charge in [-0.25, -0.2) is 8.42 Å². The molecule has 1 fully saturated rings. The van der Waals surface area contributed by atoms with Crippen molar-refractivity contribution in [2.75, 3.05) is 26.7 Å². The fourth-order valence-electron chi connectivity index (χ4n) is 2.50. The van der Waals surface area contributed by atoms with Crippen molar-refractivity contribution in [3.63, 3.8) is 0 Å². The van der Waals surface area contributed by atoms with E-state index in [0.29, 0.717) is 18.0 Å². The Kier molecular flexibility index (Phi) is 5.06. The first kappa shape index (κ1) is 16.5. The molecule has 6 nitrogen and oxygen atoms in total. The van der Waals surface area contributed by atoms with Crippen LogP contribution in [0.5, 0.6) is 0 Å². The van der Waals surface area contributed by atoms with E-state index in [4.69, 9.17) is 0 Å². The van der Waals surface area contributed by atoms with Gasteiger partial charge in [0.25, 0.3) is 0 Å². The van der Waals surface area contributed by atoms with E-state index >= 15 is 0 Å². The van der Waals surface area contributed by atoms with Gasteiger partial charge in [-0.1, -0.05) is 13.8 Å². The molecule has 120 valence electrons. The number of piperidine rings is 1. The number of hydrogen-bond donors (Lipinski definition) is 1. The van der Waals surface area contributed by atoms with Crippen molar-refractivity contribution in [3.8, 4) is 0 Å². The molecule has 0 radical (unpaired) electrons. The average Bonchev–Trinajstić information content (AvgIpc) is 2.88.